The molecule has 10 nitrogen and oxygen atoms in total. The second-order valence-electron chi connectivity index (χ2n) is 13.0. The van der Waals surface area contributed by atoms with E-state index in [9.17, 15) is 29.3 Å². The average Bonchev–Trinajstić information content (AvgIpc) is 3.28. The molecule has 244 valence electrons. The zero-order valence-corrected chi connectivity index (χ0v) is 26.1. The SMILES string of the molecule is CC(C)C[C@@H]1CCO[C@@H]2[C@H](CN[C@@H]2C(=O)N[C@@H]2C/C=C\C[C@@H](CNC(=O)c3ccc(F)cc3)SC3O[C@H]2C(O)[C@@H](O)[C@H]3O)C1. The summed E-state index contributed by atoms with van der Waals surface area (Å²) in [4.78, 5) is 26.2. The van der Waals surface area contributed by atoms with Gasteiger partial charge in [-0.1, -0.05) is 26.0 Å². The number of amides is 2. The van der Waals surface area contributed by atoms with Crippen LogP contribution in [-0.2, 0) is 14.3 Å². The number of aliphatic hydroxyl groups is 3. The third-order valence-electron chi connectivity index (χ3n) is 9.16. The van der Waals surface area contributed by atoms with Crippen LogP contribution in [0.25, 0.3) is 0 Å². The van der Waals surface area contributed by atoms with Crippen molar-refractivity contribution in [1.82, 2.24) is 16.0 Å². The van der Waals surface area contributed by atoms with Crippen LogP contribution in [0.4, 0.5) is 4.39 Å². The van der Waals surface area contributed by atoms with Crippen molar-refractivity contribution in [3.63, 3.8) is 0 Å². The van der Waals surface area contributed by atoms with Crippen molar-refractivity contribution in [2.24, 2.45) is 17.8 Å². The number of aliphatic hydroxyl groups excluding tert-OH is 3. The smallest absolute Gasteiger partial charge is 0.251 e. The van der Waals surface area contributed by atoms with Crippen molar-refractivity contribution in [3.05, 3.63) is 47.8 Å². The van der Waals surface area contributed by atoms with E-state index in [4.69, 9.17) is 9.47 Å². The fraction of sp³-hybridized carbons (Fsp3) is 0.688. The van der Waals surface area contributed by atoms with Crippen molar-refractivity contribution < 1.29 is 38.8 Å². The summed E-state index contributed by atoms with van der Waals surface area (Å²) >= 11 is 1.25. The van der Waals surface area contributed by atoms with Gasteiger partial charge in [-0.05, 0) is 74.1 Å². The van der Waals surface area contributed by atoms with Crippen LogP contribution < -0.4 is 16.0 Å². The number of fused-ring (bicyclic) bond motifs is 3. The molecule has 0 aromatic heterocycles. The zero-order chi connectivity index (χ0) is 31.4. The third-order valence-corrected chi connectivity index (χ3v) is 10.6. The summed E-state index contributed by atoms with van der Waals surface area (Å²) in [5.41, 5.74) is -0.584. The predicted octanol–water partition coefficient (Wildman–Crippen LogP) is 1.73. The normalized spacial score (nSPS) is 38.3. The van der Waals surface area contributed by atoms with Crippen molar-refractivity contribution in [1.29, 1.82) is 0 Å². The van der Waals surface area contributed by atoms with Crippen LogP contribution in [-0.4, -0.2) is 100 Å². The molecule has 1 aromatic rings. The standard InChI is InChI=1S/C32H46FN3O7S/c1-17(2)13-18-11-12-42-28-20(14-18)15-34-24(28)31(41)36-23-6-4-3-5-22(16-35-30(40)19-7-9-21(33)10-8-19)44-32-27(39)25(37)26(38)29(23)43-32/h3-4,7-10,17-18,20,22-29,32,34,37-39H,5-6,11-16H2,1-2H3,(H,35,40)(H,36,41)/b4-3-/t18-,20-,22-,23+,24-,25+,26?,27+,28+,29+,32?/m0/s1. The van der Waals surface area contributed by atoms with Crippen LogP contribution >= 0.6 is 11.8 Å². The van der Waals surface area contributed by atoms with Gasteiger partial charge in [0.25, 0.3) is 5.91 Å². The van der Waals surface area contributed by atoms with Gasteiger partial charge in [-0.25, -0.2) is 4.39 Å². The molecule has 2 unspecified atom stereocenters. The Morgan fingerprint density at radius 1 is 1.07 bits per heavy atom. The summed E-state index contributed by atoms with van der Waals surface area (Å²) in [7, 11) is 0. The molecule has 4 heterocycles. The Labute approximate surface area is 262 Å². The van der Waals surface area contributed by atoms with Crippen molar-refractivity contribution in [2.75, 3.05) is 19.7 Å². The Balaban J connectivity index is 1.24. The maximum Gasteiger partial charge on any atom is 0.251 e. The van der Waals surface area contributed by atoms with E-state index in [0.29, 0.717) is 43.4 Å². The minimum atomic E-state index is -1.49. The predicted molar refractivity (Wildman–Crippen MR) is 164 cm³/mol. The fourth-order valence-corrected chi connectivity index (χ4v) is 8.21. The Kier molecular flexibility index (Phi) is 11.4. The van der Waals surface area contributed by atoms with Crippen molar-refractivity contribution in [3.8, 4) is 0 Å². The van der Waals surface area contributed by atoms with Gasteiger partial charge in [0.05, 0.1) is 12.1 Å². The lowest BCUT2D eigenvalue weighted by atomic mass is 9.85. The summed E-state index contributed by atoms with van der Waals surface area (Å²) in [5, 5.41) is 41.6. The van der Waals surface area contributed by atoms with E-state index in [0.717, 1.165) is 19.3 Å². The van der Waals surface area contributed by atoms with Crippen LogP contribution in [0.2, 0.25) is 0 Å². The first-order valence-electron chi connectivity index (χ1n) is 15.8. The molecule has 5 rings (SSSR count). The lowest BCUT2D eigenvalue weighted by Crippen LogP contribution is -2.64. The number of ether oxygens (including phenoxy) is 2. The van der Waals surface area contributed by atoms with E-state index in [-0.39, 0.29) is 35.6 Å². The van der Waals surface area contributed by atoms with Gasteiger partial charge in [-0.15, -0.1) is 11.8 Å². The van der Waals surface area contributed by atoms with E-state index in [1.165, 1.54) is 36.0 Å². The van der Waals surface area contributed by atoms with E-state index >= 15 is 0 Å². The number of carbonyl (C=O) groups is 2. The number of rotatable bonds is 7. The highest BCUT2D eigenvalue weighted by molar-refractivity contribution is 8.00. The minimum absolute atomic E-state index is 0.226. The summed E-state index contributed by atoms with van der Waals surface area (Å²) in [5.74, 6) is 0.403. The molecule has 0 spiro atoms. The van der Waals surface area contributed by atoms with Crippen LogP contribution in [0, 0.1) is 23.6 Å². The van der Waals surface area contributed by atoms with Gasteiger partial charge in [0.15, 0.2) is 0 Å². The number of nitrogens with one attached hydrogen (secondary N) is 3. The molecule has 2 bridgehead atoms. The maximum absolute atomic E-state index is 13.6. The molecule has 3 fully saturated rings. The van der Waals surface area contributed by atoms with Gasteiger partial charge in [0.1, 0.15) is 41.7 Å². The highest BCUT2D eigenvalue weighted by Crippen LogP contribution is 2.36. The molecule has 0 saturated carbocycles. The van der Waals surface area contributed by atoms with Crippen LogP contribution in [0.15, 0.2) is 36.4 Å². The van der Waals surface area contributed by atoms with Gasteiger partial charge in [0.2, 0.25) is 5.91 Å². The molecule has 2 amide bonds. The van der Waals surface area contributed by atoms with E-state index in [2.05, 4.69) is 29.8 Å². The first-order valence-corrected chi connectivity index (χ1v) is 16.7. The van der Waals surface area contributed by atoms with Crippen LogP contribution in [0.3, 0.4) is 0 Å². The number of thioether (sulfide) groups is 1. The molecule has 0 aliphatic carbocycles. The topological polar surface area (TPSA) is 149 Å². The van der Waals surface area contributed by atoms with Gasteiger partial charge in [0, 0.05) is 30.5 Å². The number of halogens is 1. The summed E-state index contributed by atoms with van der Waals surface area (Å²) < 4.78 is 25.7. The van der Waals surface area contributed by atoms with Gasteiger partial charge >= 0.3 is 0 Å². The largest absolute Gasteiger partial charge is 0.388 e. The van der Waals surface area contributed by atoms with Crippen LogP contribution in [0.5, 0.6) is 0 Å². The number of benzene rings is 1. The van der Waals surface area contributed by atoms with Gasteiger partial charge in [-0.2, -0.15) is 0 Å². The Hall–Kier alpha value is -2.06. The maximum atomic E-state index is 13.6. The Morgan fingerprint density at radius 2 is 1.82 bits per heavy atom. The number of carbonyl (C=O) groups excluding carboxylic acids is 2. The molecular formula is C32H46FN3O7S. The molecule has 3 saturated heterocycles. The fourth-order valence-electron chi connectivity index (χ4n) is 6.92. The molecule has 44 heavy (non-hydrogen) atoms. The summed E-state index contributed by atoms with van der Waals surface area (Å²) in [6, 6.07) is 4.06. The van der Waals surface area contributed by atoms with E-state index < -0.39 is 47.8 Å². The number of hydrogen-bond acceptors (Lipinski definition) is 9. The Morgan fingerprint density at radius 3 is 2.57 bits per heavy atom. The summed E-state index contributed by atoms with van der Waals surface area (Å²) in [6.07, 6.45) is 2.35. The molecule has 11 atom stereocenters. The third kappa shape index (κ3) is 8.01. The highest BCUT2D eigenvalue weighted by atomic mass is 32.2. The molecule has 0 radical (unpaired) electrons. The molecule has 6 N–H and O–H groups in total. The lowest BCUT2D eigenvalue weighted by Gasteiger charge is -2.44. The second kappa shape index (κ2) is 15.0. The lowest BCUT2D eigenvalue weighted by molar-refractivity contribution is -0.205. The molecule has 4 aliphatic rings. The average molecular weight is 636 g/mol. The monoisotopic (exact) mass is 635 g/mol. The zero-order valence-electron chi connectivity index (χ0n) is 25.3. The Bertz CT molecular complexity index is 1160. The number of hydrogen-bond donors (Lipinski definition) is 6. The van der Waals surface area contributed by atoms with E-state index in [1.54, 1.807) is 0 Å². The van der Waals surface area contributed by atoms with Crippen molar-refractivity contribution in [2.45, 2.75) is 99.2 Å². The number of allylic oxidation sites excluding steroid dienone is 1. The van der Waals surface area contributed by atoms with Gasteiger partial charge in [-0.3, -0.25) is 9.59 Å². The minimum Gasteiger partial charge on any atom is -0.388 e. The van der Waals surface area contributed by atoms with Crippen molar-refractivity contribution >= 4 is 23.6 Å². The molecular weight excluding hydrogens is 589 g/mol. The first-order chi connectivity index (χ1) is 21.1. The molecule has 4 aliphatic heterocycles. The highest BCUT2D eigenvalue weighted by Gasteiger charge is 2.49. The summed E-state index contributed by atoms with van der Waals surface area (Å²) in [6.45, 7) is 6.02. The van der Waals surface area contributed by atoms with Crippen LogP contribution in [0.1, 0.15) is 56.3 Å². The quantitative estimate of drug-likeness (QED) is 0.247. The first kappa shape index (κ1) is 33.3. The second-order valence-corrected chi connectivity index (χ2v) is 14.4. The molecule has 12 heteroatoms. The van der Waals surface area contributed by atoms with Gasteiger partial charge < -0.3 is 40.7 Å². The molecule has 1 aromatic carbocycles. The van der Waals surface area contributed by atoms with E-state index in [1.807, 2.05) is 12.2 Å².